The van der Waals surface area contributed by atoms with Crippen molar-refractivity contribution < 1.29 is 22.7 Å². The number of nitrogens with zero attached hydrogens (tertiary/aromatic N) is 1. The van der Waals surface area contributed by atoms with Gasteiger partial charge in [-0.15, -0.1) is 0 Å². The molecule has 0 aromatic heterocycles. The molecular formula is C13H16N2O5S. The highest BCUT2D eigenvalue weighted by molar-refractivity contribution is 7.88. The predicted molar refractivity (Wildman–Crippen MR) is 74.9 cm³/mol. The second-order valence-corrected chi connectivity index (χ2v) is 7.13. The van der Waals surface area contributed by atoms with Crippen molar-refractivity contribution in [3.05, 3.63) is 23.8 Å². The Bertz CT molecular complexity index is 673. The molecule has 1 unspecified atom stereocenters. The van der Waals surface area contributed by atoms with Crippen LogP contribution >= 0.6 is 0 Å². The largest absolute Gasteiger partial charge is 0.454 e. The van der Waals surface area contributed by atoms with Gasteiger partial charge in [0.2, 0.25) is 16.8 Å². The topological polar surface area (TPSA) is 84.9 Å². The molecule has 0 radical (unpaired) electrons. The number of fused-ring (bicyclic) bond motifs is 1. The van der Waals surface area contributed by atoms with Gasteiger partial charge in [-0.05, 0) is 24.6 Å². The third kappa shape index (κ3) is 2.96. The van der Waals surface area contributed by atoms with Crippen LogP contribution in [0.15, 0.2) is 18.2 Å². The molecule has 8 heteroatoms. The Morgan fingerprint density at radius 2 is 2.10 bits per heavy atom. The molecule has 0 bridgehead atoms. The van der Waals surface area contributed by atoms with E-state index in [-0.39, 0.29) is 18.7 Å². The van der Waals surface area contributed by atoms with Crippen LogP contribution in [0, 0.1) is 0 Å². The minimum absolute atomic E-state index is 0.159. The average Bonchev–Trinajstić information content (AvgIpc) is 3.04. The van der Waals surface area contributed by atoms with Crippen LogP contribution in [-0.4, -0.2) is 50.8 Å². The third-order valence-electron chi connectivity index (χ3n) is 3.59. The molecule has 7 nitrogen and oxygen atoms in total. The summed E-state index contributed by atoms with van der Waals surface area (Å²) in [5.41, 5.74) is 0.469. The van der Waals surface area contributed by atoms with Gasteiger partial charge in [-0.25, -0.2) is 12.7 Å². The van der Waals surface area contributed by atoms with E-state index in [4.69, 9.17) is 9.47 Å². The highest BCUT2D eigenvalue weighted by Crippen LogP contribution is 2.32. The number of hydrogen-bond acceptors (Lipinski definition) is 5. The maximum absolute atomic E-state index is 12.2. The van der Waals surface area contributed by atoms with Crippen molar-refractivity contribution in [2.24, 2.45) is 0 Å². The molecule has 2 heterocycles. The lowest BCUT2D eigenvalue weighted by atomic mass is 10.1. The average molecular weight is 312 g/mol. The van der Waals surface area contributed by atoms with E-state index in [1.54, 1.807) is 18.2 Å². The van der Waals surface area contributed by atoms with Crippen LogP contribution in [-0.2, 0) is 10.0 Å². The molecule has 3 rings (SSSR count). The Balaban J connectivity index is 1.65. The molecule has 1 aromatic carbocycles. The van der Waals surface area contributed by atoms with Gasteiger partial charge >= 0.3 is 0 Å². The van der Waals surface area contributed by atoms with Crippen molar-refractivity contribution in [1.29, 1.82) is 0 Å². The summed E-state index contributed by atoms with van der Waals surface area (Å²) in [6.45, 7) is 0.909. The zero-order valence-corrected chi connectivity index (χ0v) is 12.4. The number of amides is 1. The molecule has 1 amide bonds. The smallest absolute Gasteiger partial charge is 0.251 e. The van der Waals surface area contributed by atoms with Crippen molar-refractivity contribution >= 4 is 15.9 Å². The highest BCUT2D eigenvalue weighted by Gasteiger charge is 2.29. The van der Waals surface area contributed by atoms with Gasteiger partial charge in [0.1, 0.15) is 0 Å². The number of ether oxygens (including phenoxy) is 2. The molecule has 0 aliphatic carbocycles. The Morgan fingerprint density at radius 1 is 1.33 bits per heavy atom. The van der Waals surface area contributed by atoms with E-state index in [1.807, 2.05) is 0 Å². The first-order chi connectivity index (χ1) is 9.93. The van der Waals surface area contributed by atoms with Gasteiger partial charge in [-0.3, -0.25) is 4.79 Å². The zero-order chi connectivity index (χ0) is 15.0. The minimum atomic E-state index is -3.20. The Hall–Kier alpha value is -1.80. The Morgan fingerprint density at radius 3 is 2.81 bits per heavy atom. The fourth-order valence-electron chi connectivity index (χ4n) is 2.45. The lowest BCUT2D eigenvalue weighted by Gasteiger charge is -2.14. The zero-order valence-electron chi connectivity index (χ0n) is 11.5. The molecule has 114 valence electrons. The van der Waals surface area contributed by atoms with Crippen molar-refractivity contribution in [3.63, 3.8) is 0 Å². The normalized spacial score (nSPS) is 21.5. The number of sulfonamides is 1. The van der Waals surface area contributed by atoms with E-state index in [0.29, 0.717) is 36.6 Å². The Kier molecular flexibility index (Phi) is 3.50. The second kappa shape index (κ2) is 5.19. The van der Waals surface area contributed by atoms with Crippen LogP contribution in [0.1, 0.15) is 16.8 Å². The van der Waals surface area contributed by atoms with Gasteiger partial charge < -0.3 is 14.8 Å². The number of benzene rings is 1. The van der Waals surface area contributed by atoms with Crippen LogP contribution in [0.5, 0.6) is 11.5 Å². The van der Waals surface area contributed by atoms with Crippen molar-refractivity contribution in [1.82, 2.24) is 9.62 Å². The second-order valence-electron chi connectivity index (χ2n) is 5.15. The molecule has 2 aliphatic rings. The fourth-order valence-corrected chi connectivity index (χ4v) is 3.34. The summed E-state index contributed by atoms with van der Waals surface area (Å²) in [4.78, 5) is 12.2. The highest BCUT2D eigenvalue weighted by atomic mass is 32.2. The molecule has 1 aromatic rings. The number of nitrogens with one attached hydrogen (secondary N) is 1. The van der Waals surface area contributed by atoms with E-state index in [2.05, 4.69) is 5.32 Å². The number of rotatable bonds is 3. The molecule has 1 saturated heterocycles. The molecule has 1 atom stereocenters. The van der Waals surface area contributed by atoms with Crippen molar-refractivity contribution in [2.75, 3.05) is 26.1 Å². The lowest BCUT2D eigenvalue weighted by Crippen LogP contribution is -2.38. The third-order valence-corrected chi connectivity index (χ3v) is 4.86. The van der Waals surface area contributed by atoms with E-state index in [0.717, 1.165) is 0 Å². The molecular weight excluding hydrogens is 296 g/mol. The number of carbonyl (C=O) groups excluding carboxylic acids is 1. The summed E-state index contributed by atoms with van der Waals surface area (Å²) in [5.74, 6) is 0.927. The summed E-state index contributed by atoms with van der Waals surface area (Å²) in [6.07, 6.45) is 1.79. The van der Waals surface area contributed by atoms with Crippen molar-refractivity contribution in [2.45, 2.75) is 12.5 Å². The first-order valence-corrected chi connectivity index (χ1v) is 8.44. The van der Waals surface area contributed by atoms with E-state index in [1.165, 1.54) is 10.6 Å². The maximum Gasteiger partial charge on any atom is 0.251 e. The van der Waals surface area contributed by atoms with Gasteiger partial charge in [0.15, 0.2) is 11.5 Å². The van der Waals surface area contributed by atoms with Gasteiger partial charge in [0.25, 0.3) is 5.91 Å². The van der Waals surface area contributed by atoms with Gasteiger partial charge in [-0.1, -0.05) is 0 Å². The van der Waals surface area contributed by atoms with Crippen LogP contribution in [0.3, 0.4) is 0 Å². The SMILES string of the molecule is CS(=O)(=O)N1CCC(NC(=O)c2ccc3c(c2)OCO3)C1. The number of carbonyl (C=O) groups is 1. The molecule has 1 fully saturated rings. The first-order valence-electron chi connectivity index (χ1n) is 6.59. The van der Waals surface area contributed by atoms with Gasteiger partial charge in [0, 0.05) is 24.7 Å². The monoisotopic (exact) mass is 312 g/mol. The van der Waals surface area contributed by atoms with Crippen LogP contribution < -0.4 is 14.8 Å². The van der Waals surface area contributed by atoms with Gasteiger partial charge in [-0.2, -0.15) is 0 Å². The summed E-state index contributed by atoms with van der Waals surface area (Å²) in [5, 5.41) is 2.85. The first kappa shape index (κ1) is 14.2. The summed E-state index contributed by atoms with van der Waals surface area (Å²) >= 11 is 0. The van der Waals surface area contributed by atoms with E-state index in [9.17, 15) is 13.2 Å². The van der Waals surface area contributed by atoms with E-state index < -0.39 is 10.0 Å². The predicted octanol–water partition coefficient (Wildman–Crippen LogP) is 0.179. The van der Waals surface area contributed by atoms with Crippen LogP contribution in [0.4, 0.5) is 0 Å². The summed E-state index contributed by atoms with van der Waals surface area (Å²) < 4.78 is 34.7. The van der Waals surface area contributed by atoms with Crippen molar-refractivity contribution in [3.8, 4) is 11.5 Å². The summed E-state index contributed by atoms with van der Waals surface area (Å²) in [6, 6.07) is 4.81. The molecule has 21 heavy (non-hydrogen) atoms. The molecule has 0 spiro atoms. The molecule has 1 N–H and O–H groups in total. The quantitative estimate of drug-likeness (QED) is 0.860. The van der Waals surface area contributed by atoms with Crippen LogP contribution in [0.2, 0.25) is 0 Å². The number of hydrogen-bond donors (Lipinski definition) is 1. The standard InChI is InChI=1S/C13H16N2O5S/c1-21(17,18)15-5-4-10(7-15)14-13(16)9-2-3-11-12(6-9)20-8-19-11/h2-3,6,10H,4-5,7-8H2,1H3,(H,14,16). The molecule has 2 aliphatic heterocycles. The van der Waals surface area contributed by atoms with E-state index >= 15 is 0 Å². The van der Waals surface area contributed by atoms with Crippen LogP contribution in [0.25, 0.3) is 0 Å². The fraction of sp³-hybridized carbons (Fsp3) is 0.462. The summed E-state index contributed by atoms with van der Waals surface area (Å²) in [7, 11) is -3.20. The molecule has 0 saturated carbocycles. The maximum atomic E-state index is 12.2. The minimum Gasteiger partial charge on any atom is -0.454 e. The van der Waals surface area contributed by atoms with Gasteiger partial charge in [0.05, 0.1) is 6.26 Å². The Labute approximate surface area is 122 Å². The lowest BCUT2D eigenvalue weighted by molar-refractivity contribution is 0.0938.